The summed E-state index contributed by atoms with van der Waals surface area (Å²) in [5, 5.41) is 11.0. The molecule has 106 valence electrons. The van der Waals surface area contributed by atoms with E-state index < -0.39 is 17.3 Å². The Hall–Kier alpha value is -1.52. The Morgan fingerprint density at radius 1 is 0.900 bits per heavy atom. The van der Waals surface area contributed by atoms with Crippen LogP contribution in [0, 0.1) is 0 Å². The van der Waals surface area contributed by atoms with E-state index in [-0.39, 0.29) is 5.56 Å². The standard InChI is InChI=1S/C15H12ClF3O/c1-14(20,11-5-3-7-13(16)9-11)10-4-2-6-12(8-10)15(17,18)19/h2-9,20H,1H3. The second-order valence-corrected chi connectivity index (χ2v) is 5.10. The van der Waals surface area contributed by atoms with Crippen LogP contribution in [-0.2, 0) is 11.8 Å². The normalized spacial score (nSPS) is 14.9. The average Bonchev–Trinajstić information content (AvgIpc) is 2.38. The van der Waals surface area contributed by atoms with E-state index >= 15 is 0 Å². The second kappa shape index (κ2) is 5.11. The van der Waals surface area contributed by atoms with Crippen LogP contribution in [-0.4, -0.2) is 5.11 Å². The molecule has 0 amide bonds. The van der Waals surface area contributed by atoms with E-state index in [1.807, 2.05) is 0 Å². The molecule has 1 nitrogen and oxygen atoms in total. The highest BCUT2D eigenvalue weighted by Crippen LogP contribution is 2.35. The van der Waals surface area contributed by atoms with Crippen molar-refractivity contribution in [3.05, 3.63) is 70.2 Å². The maximum absolute atomic E-state index is 12.7. The number of benzene rings is 2. The maximum Gasteiger partial charge on any atom is 0.416 e. The Morgan fingerprint density at radius 2 is 1.40 bits per heavy atom. The second-order valence-electron chi connectivity index (χ2n) is 4.66. The molecule has 0 aromatic heterocycles. The van der Waals surface area contributed by atoms with Crippen molar-refractivity contribution in [3.63, 3.8) is 0 Å². The van der Waals surface area contributed by atoms with Crippen LogP contribution in [0.2, 0.25) is 5.02 Å². The number of halogens is 4. The van der Waals surface area contributed by atoms with Gasteiger partial charge in [-0.15, -0.1) is 0 Å². The van der Waals surface area contributed by atoms with Crippen molar-refractivity contribution in [2.45, 2.75) is 18.7 Å². The fraction of sp³-hybridized carbons (Fsp3) is 0.200. The van der Waals surface area contributed by atoms with Crippen LogP contribution < -0.4 is 0 Å². The Balaban J connectivity index is 2.49. The van der Waals surface area contributed by atoms with E-state index in [1.165, 1.54) is 25.1 Å². The maximum atomic E-state index is 12.7. The molecule has 0 aliphatic rings. The van der Waals surface area contributed by atoms with Gasteiger partial charge in [0.2, 0.25) is 0 Å². The summed E-state index contributed by atoms with van der Waals surface area (Å²) in [6, 6.07) is 11.1. The molecule has 1 unspecified atom stereocenters. The highest BCUT2D eigenvalue weighted by Gasteiger charge is 2.33. The lowest BCUT2D eigenvalue weighted by Gasteiger charge is -2.25. The summed E-state index contributed by atoms with van der Waals surface area (Å²) in [5.74, 6) is 0. The topological polar surface area (TPSA) is 20.2 Å². The lowest BCUT2D eigenvalue weighted by atomic mass is 9.87. The van der Waals surface area contributed by atoms with Crippen molar-refractivity contribution >= 4 is 11.6 Å². The van der Waals surface area contributed by atoms with Gasteiger partial charge in [0.1, 0.15) is 5.60 Å². The van der Waals surface area contributed by atoms with E-state index in [9.17, 15) is 18.3 Å². The molecular formula is C15H12ClF3O. The van der Waals surface area contributed by atoms with Crippen molar-refractivity contribution in [2.75, 3.05) is 0 Å². The predicted molar refractivity (Wildman–Crippen MR) is 71.6 cm³/mol. The largest absolute Gasteiger partial charge is 0.416 e. The molecule has 0 saturated heterocycles. The summed E-state index contributed by atoms with van der Waals surface area (Å²) in [5.41, 5.74) is -1.75. The summed E-state index contributed by atoms with van der Waals surface area (Å²) >= 11 is 5.85. The molecule has 0 heterocycles. The zero-order valence-electron chi connectivity index (χ0n) is 10.6. The Labute approximate surface area is 119 Å². The van der Waals surface area contributed by atoms with Gasteiger partial charge in [0, 0.05) is 5.02 Å². The highest BCUT2D eigenvalue weighted by atomic mass is 35.5. The van der Waals surface area contributed by atoms with Crippen LogP contribution in [0.15, 0.2) is 48.5 Å². The minimum atomic E-state index is -4.44. The Morgan fingerprint density at radius 3 is 1.95 bits per heavy atom. The van der Waals surface area contributed by atoms with Crippen LogP contribution in [0.5, 0.6) is 0 Å². The third-order valence-electron chi connectivity index (χ3n) is 3.14. The Kier molecular flexibility index (Phi) is 3.80. The van der Waals surface area contributed by atoms with Crippen molar-refractivity contribution in [1.82, 2.24) is 0 Å². The van der Waals surface area contributed by atoms with Gasteiger partial charge in [0.05, 0.1) is 5.56 Å². The average molecular weight is 301 g/mol. The zero-order chi connectivity index (χ0) is 15.0. The Bertz CT molecular complexity index is 621. The van der Waals surface area contributed by atoms with Gasteiger partial charge in [0.15, 0.2) is 0 Å². The van der Waals surface area contributed by atoms with Gasteiger partial charge in [-0.3, -0.25) is 0 Å². The molecule has 0 aliphatic heterocycles. The number of rotatable bonds is 2. The first kappa shape index (κ1) is 14.9. The van der Waals surface area contributed by atoms with Crippen LogP contribution in [0.1, 0.15) is 23.6 Å². The summed E-state index contributed by atoms with van der Waals surface area (Å²) in [7, 11) is 0. The lowest BCUT2D eigenvalue weighted by molar-refractivity contribution is -0.137. The monoisotopic (exact) mass is 300 g/mol. The SMILES string of the molecule is CC(O)(c1cccc(Cl)c1)c1cccc(C(F)(F)F)c1. The van der Waals surface area contributed by atoms with Crippen molar-refractivity contribution < 1.29 is 18.3 Å². The van der Waals surface area contributed by atoms with E-state index in [1.54, 1.807) is 18.2 Å². The molecule has 2 rings (SSSR count). The van der Waals surface area contributed by atoms with Crippen molar-refractivity contribution in [3.8, 4) is 0 Å². The minimum absolute atomic E-state index is 0.162. The number of hydrogen-bond donors (Lipinski definition) is 1. The van der Waals surface area contributed by atoms with Gasteiger partial charge in [-0.2, -0.15) is 13.2 Å². The summed E-state index contributed by atoms with van der Waals surface area (Å²) in [6.45, 7) is 1.44. The van der Waals surface area contributed by atoms with E-state index in [0.717, 1.165) is 12.1 Å². The molecular weight excluding hydrogens is 289 g/mol. The minimum Gasteiger partial charge on any atom is -0.381 e. The molecule has 0 aliphatic carbocycles. The van der Waals surface area contributed by atoms with Crippen LogP contribution in [0.4, 0.5) is 13.2 Å². The van der Waals surface area contributed by atoms with Gasteiger partial charge < -0.3 is 5.11 Å². The lowest BCUT2D eigenvalue weighted by Crippen LogP contribution is -2.23. The molecule has 20 heavy (non-hydrogen) atoms. The fourth-order valence-electron chi connectivity index (χ4n) is 1.96. The van der Waals surface area contributed by atoms with Gasteiger partial charge in [0.25, 0.3) is 0 Å². The van der Waals surface area contributed by atoms with Crippen LogP contribution in [0.3, 0.4) is 0 Å². The van der Waals surface area contributed by atoms with Crippen LogP contribution >= 0.6 is 11.6 Å². The van der Waals surface area contributed by atoms with Crippen LogP contribution in [0.25, 0.3) is 0 Å². The number of hydrogen-bond acceptors (Lipinski definition) is 1. The zero-order valence-corrected chi connectivity index (χ0v) is 11.3. The third kappa shape index (κ3) is 2.97. The molecule has 2 aromatic carbocycles. The van der Waals surface area contributed by atoms with Gasteiger partial charge in [-0.05, 0) is 42.3 Å². The van der Waals surface area contributed by atoms with Gasteiger partial charge in [-0.1, -0.05) is 35.9 Å². The smallest absolute Gasteiger partial charge is 0.381 e. The number of aliphatic hydroxyl groups is 1. The first-order valence-corrected chi connectivity index (χ1v) is 6.25. The molecule has 2 aromatic rings. The molecule has 0 fully saturated rings. The van der Waals surface area contributed by atoms with E-state index in [4.69, 9.17) is 11.6 Å². The van der Waals surface area contributed by atoms with E-state index in [2.05, 4.69) is 0 Å². The fourth-order valence-corrected chi connectivity index (χ4v) is 2.15. The van der Waals surface area contributed by atoms with E-state index in [0.29, 0.717) is 10.6 Å². The molecule has 1 atom stereocenters. The molecule has 0 bridgehead atoms. The van der Waals surface area contributed by atoms with Gasteiger partial charge in [-0.25, -0.2) is 0 Å². The molecule has 0 radical (unpaired) electrons. The number of alkyl halides is 3. The summed E-state index contributed by atoms with van der Waals surface area (Å²) in [4.78, 5) is 0. The molecule has 1 N–H and O–H groups in total. The predicted octanol–water partition coefficient (Wildman–Crippen LogP) is 4.61. The first-order valence-electron chi connectivity index (χ1n) is 5.87. The molecule has 5 heteroatoms. The molecule has 0 saturated carbocycles. The first-order chi connectivity index (χ1) is 9.21. The summed E-state index contributed by atoms with van der Waals surface area (Å²) in [6.07, 6.45) is -4.44. The van der Waals surface area contributed by atoms with Crippen molar-refractivity contribution in [2.24, 2.45) is 0 Å². The van der Waals surface area contributed by atoms with Gasteiger partial charge >= 0.3 is 6.18 Å². The molecule has 0 spiro atoms. The quantitative estimate of drug-likeness (QED) is 0.858. The third-order valence-corrected chi connectivity index (χ3v) is 3.37. The highest BCUT2D eigenvalue weighted by molar-refractivity contribution is 6.30. The summed E-state index contributed by atoms with van der Waals surface area (Å²) < 4.78 is 38.2. The van der Waals surface area contributed by atoms with Crippen molar-refractivity contribution in [1.29, 1.82) is 0 Å².